The molecule has 0 aliphatic rings. The van der Waals surface area contributed by atoms with Gasteiger partial charge in [0.2, 0.25) is 0 Å². The van der Waals surface area contributed by atoms with Crippen LogP contribution in [0.25, 0.3) is 0 Å². The van der Waals surface area contributed by atoms with Crippen LogP contribution in [0.15, 0.2) is 53.6 Å². The second kappa shape index (κ2) is 8.06. The average molecular weight is 453 g/mol. The largest absolute Gasteiger partial charge is 0.320 e. The number of nitrogens with one attached hydrogen (secondary N) is 1. The summed E-state index contributed by atoms with van der Waals surface area (Å²) in [5.41, 5.74) is 1.36. The first-order valence-electron chi connectivity index (χ1n) is 8.45. The van der Waals surface area contributed by atoms with Gasteiger partial charge in [-0.25, -0.2) is 8.42 Å². The Bertz CT molecular complexity index is 1170. The maximum Gasteiger partial charge on any atom is 0.265 e. The van der Waals surface area contributed by atoms with Crippen LogP contribution in [-0.2, 0) is 17.1 Å². The van der Waals surface area contributed by atoms with E-state index in [2.05, 4.69) is 10.4 Å². The number of carbonyl (C=O) groups is 1. The van der Waals surface area contributed by atoms with Crippen molar-refractivity contribution in [2.24, 2.45) is 7.05 Å². The highest BCUT2D eigenvalue weighted by atomic mass is 35.5. The van der Waals surface area contributed by atoms with Gasteiger partial charge in [-0.2, -0.15) is 5.10 Å². The molecule has 0 aliphatic carbocycles. The molecule has 1 aromatic heterocycles. The number of aromatic nitrogens is 2. The van der Waals surface area contributed by atoms with Crippen molar-refractivity contribution in [3.63, 3.8) is 0 Å². The van der Waals surface area contributed by atoms with Crippen LogP contribution in [0.2, 0.25) is 10.0 Å². The highest BCUT2D eigenvalue weighted by molar-refractivity contribution is 7.92. The molecule has 0 bridgehead atoms. The zero-order valence-corrected chi connectivity index (χ0v) is 18.2. The highest BCUT2D eigenvalue weighted by Gasteiger charge is 2.28. The third-order valence-corrected chi connectivity index (χ3v) is 6.62. The van der Waals surface area contributed by atoms with Gasteiger partial charge in [0.25, 0.3) is 15.9 Å². The molecule has 0 atom stereocenters. The summed E-state index contributed by atoms with van der Waals surface area (Å²) in [5.74, 6) is -0.434. The Hall–Kier alpha value is -2.55. The Morgan fingerprint density at radius 1 is 1.14 bits per heavy atom. The third kappa shape index (κ3) is 4.24. The fourth-order valence-corrected chi connectivity index (χ4v) is 4.42. The molecule has 1 amide bonds. The summed E-state index contributed by atoms with van der Waals surface area (Å²) >= 11 is 12.0. The van der Waals surface area contributed by atoms with E-state index in [4.69, 9.17) is 23.2 Å². The predicted octanol–water partition coefficient (Wildman–Crippen LogP) is 4.11. The number of hydrogen-bond donors (Lipinski definition) is 1. The smallest absolute Gasteiger partial charge is 0.265 e. The first kappa shape index (κ1) is 21.2. The van der Waals surface area contributed by atoms with Gasteiger partial charge >= 0.3 is 0 Å². The Morgan fingerprint density at radius 3 is 2.41 bits per heavy atom. The zero-order valence-electron chi connectivity index (χ0n) is 15.8. The molecule has 0 radical (unpaired) electrons. The van der Waals surface area contributed by atoms with Gasteiger partial charge in [-0.15, -0.1) is 0 Å². The van der Waals surface area contributed by atoms with Crippen LogP contribution in [0, 0.1) is 6.92 Å². The van der Waals surface area contributed by atoms with Crippen LogP contribution in [0.1, 0.15) is 15.9 Å². The number of amides is 1. The summed E-state index contributed by atoms with van der Waals surface area (Å²) in [6, 6.07) is 11.1. The molecule has 0 spiro atoms. The lowest BCUT2D eigenvalue weighted by atomic mass is 10.2. The Labute approximate surface area is 178 Å². The van der Waals surface area contributed by atoms with E-state index in [0.29, 0.717) is 10.7 Å². The Kier molecular flexibility index (Phi) is 5.88. The molecule has 3 rings (SSSR count). The van der Waals surface area contributed by atoms with Crippen molar-refractivity contribution in [3.05, 3.63) is 69.8 Å². The summed E-state index contributed by atoms with van der Waals surface area (Å²) < 4.78 is 28.4. The lowest BCUT2D eigenvalue weighted by molar-refractivity contribution is 0.102. The number of hydrogen-bond acceptors (Lipinski definition) is 4. The quantitative estimate of drug-likeness (QED) is 0.630. The van der Waals surface area contributed by atoms with Crippen LogP contribution < -0.4 is 9.62 Å². The normalized spacial score (nSPS) is 11.3. The predicted molar refractivity (Wildman–Crippen MR) is 114 cm³/mol. The summed E-state index contributed by atoms with van der Waals surface area (Å²) in [7, 11) is -0.964. The minimum atomic E-state index is -3.89. The number of nitrogens with zero attached hydrogens (tertiary/aromatic N) is 3. The molecular weight excluding hydrogens is 435 g/mol. The van der Waals surface area contributed by atoms with Crippen LogP contribution in [0.5, 0.6) is 0 Å². The van der Waals surface area contributed by atoms with Crippen LogP contribution >= 0.6 is 23.2 Å². The van der Waals surface area contributed by atoms with Crippen molar-refractivity contribution in [1.29, 1.82) is 0 Å². The van der Waals surface area contributed by atoms with Crippen molar-refractivity contribution in [2.45, 2.75) is 11.8 Å². The van der Waals surface area contributed by atoms with Gasteiger partial charge in [-0.05, 0) is 37.3 Å². The second-order valence-electron chi connectivity index (χ2n) is 6.37. The van der Waals surface area contributed by atoms with Crippen molar-refractivity contribution >= 4 is 50.6 Å². The fraction of sp³-hybridized carbons (Fsp3) is 0.158. The molecule has 0 saturated carbocycles. The first-order chi connectivity index (χ1) is 13.6. The fourth-order valence-electron chi connectivity index (χ4n) is 2.73. The van der Waals surface area contributed by atoms with Crippen LogP contribution in [-0.4, -0.2) is 31.2 Å². The standard InChI is InChI=1S/C19H18Cl2N4O3S/c1-12-4-7-14(8-5-12)29(27,28)25(3)19-15(11-22-24(19)2)18(26)23-17-9-6-13(20)10-16(17)21/h4-11H,1-3H3,(H,23,26). The summed E-state index contributed by atoms with van der Waals surface area (Å²) in [4.78, 5) is 12.9. The number of anilines is 2. The van der Waals surface area contributed by atoms with E-state index in [1.54, 1.807) is 31.3 Å². The van der Waals surface area contributed by atoms with Gasteiger partial charge in [-0.1, -0.05) is 40.9 Å². The minimum Gasteiger partial charge on any atom is -0.320 e. The average Bonchev–Trinajstić information content (AvgIpc) is 3.05. The van der Waals surface area contributed by atoms with Gasteiger partial charge < -0.3 is 5.32 Å². The molecule has 29 heavy (non-hydrogen) atoms. The lowest BCUT2D eigenvalue weighted by Crippen LogP contribution is -2.30. The molecule has 2 aromatic carbocycles. The van der Waals surface area contributed by atoms with Gasteiger partial charge in [0.05, 0.1) is 21.8 Å². The van der Waals surface area contributed by atoms with E-state index in [9.17, 15) is 13.2 Å². The number of aryl methyl sites for hydroxylation is 2. The number of benzene rings is 2. The highest BCUT2D eigenvalue weighted by Crippen LogP contribution is 2.29. The molecule has 1 N–H and O–H groups in total. The molecule has 0 fully saturated rings. The molecule has 3 aromatic rings. The van der Waals surface area contributed by atoms with Crippen molar-refractivity contribution in [1.82, 2.24) is 9.78 Å². The van der Waals surface area contributed by atoms with Gasteiger partial charge in [0, 0.05) is 19.1 Å². The summed E-state index contributed by atoms with van der Waals surface area (Å²) in [5, 5.41) is 7.40. The maximum atomic E-state index is 13.0. The lowest BCUT2D eigenvalue weighted by Gasteiger charge is -2.21. The van der Waals surface area contributed by atoms with Gasteiger partial charge in [-0.3, -0.25) is 13.8 Å². The second-order valence-corrected chi connectivity index (χ2v) is 9.18. The van der Waals surface area contributed by atoms with Crippen molar-refractivity contribution in [2.75, 3.05) is 16.7 Å². The molecule has 1 heterocycles. The molecular formula is C19H18Cl2N4O3S. The van der Waals surface area contributed by atoms with Crippen LogP contribution in [0.3, 0.4) is 0 Å². The molecule has 7 nitrogen and oxygen atoms in total. The number of sulfonamides is 1. The Morgan fingerprint density at radius 2 is 1.79 bits per heavy atom. The Balaban J connectivity index is 1.96. The van der Waals surface area contributed by atoms with E-state index in [0.717, 1.165) is 9.87 Å². The van der Waals surface area contributed by atoms with Crippen LogP contribution in [0.4, 0.5) is 11.5 Å². The van der Waals surface area contributed by atoms with E-state index < -0.39 is 15.9 Å². The van der Waals surface area contributed by atoms with Crippen molar-refractivity contribution < 1.29 is 13.2 Å². The SMILES string of the molecule is Cc1ccc(S(=O)(=O)N(C)c2c(C(=O)Nc3ccc(Cl)cc3Cl)cnn2C)cc1. The monoisotopic (exact) mass is 452 g/mol. The molecule has 0 unspecified atom stereocenters. The molecule has 0 aliphatic heterocycles. The van der Waals surface area contributed by atoms with Gasteiger partial charge in [0.1, 0.15) is 5.56 Å². The van der Waals surface area contributed by atoms with Crippen molar-refractivity contribution in [3.8, 4) is 0 Å². The first-order valence-corrected chi connectivity index (χ1v) is 10.6. The van der Waals surface area contributed by atoms with E-state index >= 15 is 0 Å². The summed E-state index contributed by atoms with van der Waals surface area (Å²) in [6.07, 6.45) is 1.30. The van der Waals surface area contributed by atoms with E-state index in [1.165, 1.54) is 36.1 Å². The number of rotatable bonds is 5. The third-order valence-electron chi connectivity index (χ3n) is 4.31. The maximum absolute atomic E-state index is 13.0. The topological polar surface area (TPSA) is 84.3 Å². The molecule has 0 saturated heterocycles. The summed E-state index contributed by atoms with van der Waals surface area (Å²) in [6.45, 7) is 1.87. The number of carbonyl (C=O) groups excluding carboxylic acids is 1. The molecule has 10 heteroatoms. The van der Waals surface area contributed by atoms with E-state index in [-0.39, 0.29) is 21.3 Å². The minimum absolute atomic E-state index is 0.0803. The van der Waals surface area contributed by atoms with E-state index in [1.807, 2.05) is 6.92 Å². The van der Waals surface area contributed by atoms with Gasteiger partial charge in [0.15, 0.2) is 5.82 Å². The number of halogens is 2. The zero-order chi connectivity index (χ0) is 21.3. The molecule has 152 valence electrons.